The van der Waals surface area contributed by atoms with Crippen molar-refractivity contribution in [3.8, 4) is 0 Å². The van der Waals surface area contributed by atoms with E-state index in [1.54, 1.807) is 0 Å². The first kappa shape index (κ1) is 8.04. The molecule has 58 valence electrons. The van der Waals surface area contributed by atoms with Crippen molar-refractivity contribution in [1.82, 2.24) is 0 Å². The second-order valence-electron chi connectivity index (χ2n) is 2.91. The van der Waals surface area contributed by atoms with Crippen LogP contribution in [0.2, 0.25) is 0 Å². The molecule has 1 aliphatic heterocycles. The minimum Gasteiger partial charge on any atom is -0.633 e. The van der Waals surface area contributed by atoms with Gasteiger partial charge in [-0.3, -0.25) is 4.79 Å². The van der Waals surface area contributed by atoms with Crippen molar-refractivity contribution >= 4 is 16.9 Å². The topological polar surface area (TPSA) is 40.1 Å². The first-order valence-electron chi connectivity index (χ1n) is 3.23. The summed E-state index contributed by atoms with van der Waals surface area (Å²) >= 11 is 1.28. The summed E-state index contributed by atoms with van der Waals surface area (Å²) in [6, 6.07) is -0.315. The molecule has 0 amide bonds. The van der Waals surface area contributed by atoms with Gasteiger partial charge in [0.15, 0.2) is 6.04 Å². The van der Waals surface area contributed by atoms with Gasteiger partial charge >= 0.3 is 0 Å². The molecule has 1 unspecified atom stereocenters. The zero-order valence-electron chi connectivity index (χ0n) is 6.16. The van der Waals surface area contributed by atoms with Gasteiger partial charge in [0.1, 0.15) is 0 Å². The van der Waals surface area contributed by atoms with Crippen molar-refractivity contribution in [2.45, 2.75) is 12.5 Å². The third kappa shape index (κ3) is 1.51. The van der Waals surface area contributed by atoms with Crippen molar-refractivity contribution in [2.24, 2.45) is 0 Å². The van der Waals surface area contributed by atoms with Gasteiger partial charge in [-0.05, 0) is 0 Å². The molecule has 4 heteroatoms. The van der Waals surface area contributed by atoms with Gasteiger partial charge in [0, 0.05) is 12.2 Å². The highest BCUT2D eigenvalue weighted by atomic mass is 32.2. The third-order valence-electron chi connectivity index (χ3n) is 1.66. The van der Waals surface area contributed by atoms with Crippen LogP contribution >= 0.6 is 11.8 Å². The van der Waals surface area contributed by atoms with Crippen LogP contribution in [0.1, 0.15) is 6.42 Å². The van der Waals surface area contributed by atoms with E-state index in [0.717, 1.165) is 12.2 Å². The fourth-order valence-electron chi connectivity index (χ4n) is 1.05. The Morgan fingerprint density at radius 3 is 2.50 bits per heavy atom. The van der Waals surface area contributed by atoms with Gasteiger partial charge in [0.05, 0.1) is 14.1 Å². The van der Waals surface area contributed by atoms with E-state index in [-0.39, 0.29) is 11.2 Å². The third-order valence-corrected chi connectivity index (χ3v) is 2.65. The van der Waals surface area contributed by atoms with Gasteiger partial charge in [0.25, 0.3) is 0 Å². The Hall–Kier alpha value is -0.0600. The first-order chi connectivity index (χ1) is 4.52. The summed E-state index contributed by atoms with van der Waals surface area (Å²) in [6.45, 7) is 0. The molecule has 0 aromatic heterocycles. The summed E-state index contributed by atoms with van der Waals surface area (Å²) in [5, 5.41) is 11.3. The van der Waals surface area contributed by atoms with Crippen molar-refractivity contribution in [1.29, 1.82) is 0 Å². The number of likely N-dealkylation sites (N-methyl/N-ethyl adjacent to an activating group) is 1. The minimum absolute atomic E-state index is 0.0556. The Kier molecular flexibility index (Phi) is 2.03. The van der Waals surface area contributed by atoms with E-state index in [4.69, 9.17) is 0 Å². The highest BCUT2D eigenvalue weighted by Crippen LogP contribution is 2.25. The number of rotatable bonds is 1. The molecule has 0 bridgehead atoms. The zero-order chi connectivity index (χ0) is 7.78. The molecule has 1 aliphatic rings. The van der Waals surface area contributed by atoms with Crippen LogP contribution in [0.15, 0.2) is 0 Å². The normalized spacial score (nSPS) is 27.5. The summed E-state index contributed by atoms with van der Waals surface area (Å²) in [5.74, 6) is 0.813. The van der Waals surface area contributed by atoms with Crippen LogP contribution in [0.5, 0.6) is 0 Å². The number of hydroxylamine groups is 3. The Labute approximate surface area is 64.6 Å². The van der Waals surface area contributed by atoms with Crippen LogP contribution in [0.25, 0.3) is 0 Å². The van der Waals surface area contributed by atoms with E-state index in [9.17, 15) is 10.0 Å². The van der Waals surface area contributed by atoms with Gasteiger partial charge in [0.2, 0.25) is 5.12 Å². The molecule has 1 atom stereocenters. The van der Waals surface area contributed by atoms with E-state index >= 15 is 0 Å². The van der Waals surface area contributed by atoms with E-state index in [0.29, 0.717) is 0 Å². The highest BCUT2D eigenvalue weighted by Gasteiger charge is 2.33. The molecule has 1 fully saturated rings. The molecule has 1 heterocycles. The van der Waals surface area contributed by atoms with Crippen LogP contribution in [0.3, 0.4) is 0 Å². The van der Waals surface area contributed by atoms with Gasteiger partial charge < -0.3 is 9.85 Å². The predicted molar refractivity (Wildman–Crippen MR) is 41.3 cm³/mol. The van der Waals surface area contributed by atoms with Crippen molar-refractivity contribution < 1.29 is 9.44 Å². The molecule has 0 aromatic rings. The predicted octanol–water partition coefficient (Wildman–Crippen LogP) is 0.593. The van der Waals surface area contributed by atoms with Crippen molar-refractivity contribution in [2.75, 3.05) is 19.8 Å². The number of carbonyl (C=O) groups is 1. The van der Waals surface area contributed by atoms with Gasteiger partial charge in [-0.25, -0.2) is 0 Å². The molecule has 0 radical (unpaired) electrons. The molecule has 0 saturated carbocycles. The van der Waals surface area contributed by atoms with Crippen LogP contribution in [-0.4, -0.2) is 35.7 Å². The number of thioether (sulfide) groups is 1. The highest BCUT2D eigenvalue weighted by molar-refractivity contribution is 8.14. The summed E-state index contributed by atoms with van der Waals surface area (Å²) < 4.78 is -0.466. The lowest BCUT2D eigenvalue weighted by Gasteiger charge is -2.38. The zero-order valence-corrected chi connectivity index (χ0v) is 6.98. The largest absolute Gasteiger partial charge is 0.633 e. The number of hydrogen-bond acceptors (Lipinski definition) is 3. The maximum Gasteiger partial charge on any atom is 0.246 e. The number of carbonyl (C=O) groups excluding carboxylic acids is 1. The molecule has 1 rings (SSSR count). The van der Waals surface area contributed by atoms with Crippen LogP contribution in [0, 0.1) is 5.21 Å². The average Bonchev–Trinajstić information content (AvgIpc) is 2.11. The molecular weight excluding hydrogens is 150 g/mol. The Balaban J connectivity index is 2.64. The molecule has 10 heavy (non-hydrogen) atoms. The number of quaternary nitrogens is 1. The monoisotopic (exact) mass is 161 g/mol. The molecule has 3 nitrogen and oxygen atoms in total. The quantitative estimate of drug-likeness (QED) is 0.417. The van der Waals surface area contributed by atoms with E-state index < -0.39 is 4.65 Å². The lowest BCUT2D eigenvalue weighted by molar-refractivity contribution is -0.855. The second kappa shape index (κ2) is 2.53. The molecule has 0 spiro atoms. The van der Waals surface area contributed by atoms with Crippen LogP contribution < -0.4 is 0 Å². The lowest BCUT2D eigenvalue weighted by atomic mass is 10.2. The van der Waals surface area contributed by atoms with Gasteiger partial charge in [-0.15, -0.1) is 0 Å². The van der Waals surface area contributed by atoms with Crippen molar-refractivity contribution in [3.05, 3.63) is 5.21 Å². The Morgan fingerprint density at radius 2 is 2.30 bits per heavy atom. The summed E-state index contributed by atoms with van der Waals surface area (Å²) in [6.07, 6.45) is 0.736. The number of nitrogens with zero attached hydrogens (tertiary/aromatic N) is 1. The second-order valence-corrected chi connectivity index (χ2v) is 4.01. The maximum absolute atomic E-state index is 11.2. The Bertz CT molecular complexity index is 152. The standard InChI is InChI=1S/C6H11NO2S/c1-7(2,9)5-3-4-10-6(5)8/h5H,3-4H2,1-2H3. The molecule has 0 aliphatic carbocycles. The van der Waals surface area contributed by atoms with Gasteiger partial charge in [-0.2, -0.15) is 0 Å². The van der Waals surface area contributed by atoms with E-state index in [1.807, 2.05) is 0 Å². The van der Waals surface area contributed by atoms with Crippen molar-refractivity contribution in [3.63, 3.8) is 0 Å². The fourth-order valence-corrected chi connectivity index (χ4v) is 2.16. The van der Waals surface area contributed by atoms with E-state index in [1.165, 1.54) is 25.9 Å². The summed E-state index contributed by atoms with van der Waals surface area (Å²) in [4.78, 5) is 11.0. The fraction of sp³-hybridized carbons (Fsp3) is 0.833. The minimum atomic E-state index is -0.466. The summed E-state index contributed by atoms with van der Waals surface area (Å²) in [5.41, 5.74) is 0. The molecule has 1 saturated heterocycles. The maximum atomic E-state index is 11.2. The molecular formula is C6H11NO2S. The van der Waals surface area contributed by atoms with Crippen LogP contribution in [-0.2, 0) is 4.79 Å². The average molecular weight is 161 g/mol. The lowest BCUT2D eigenvalue weighted by Crippen LogP contribution is -2.45. The molecule has 0 N–H and O–H groups in total. The van der Waals surface area contributed by atoms with Gasteiger partial charge in [-0.1, -0.05) is 11.8 Å². The SMILES string of the molecule is C[N+](C)([O-])C1CCSC1=O. The first-order valence-corrected chi connectivity index (χ1v) is 4.21. The molecule has 0 aromatic carbocycles. The smallest absolute Gasteiger partial charge is 0.246 e. The number of hydrogen-bond donors (Lipinski definition) is 0. The Morgan fingerprint density at radius 1 is 1.70 bits per heavy atom. The van der Waals surface area contributed by atoms with E-state index in [2.05, 4.69) is 0 Å². The van der Waals surface area contributed by atoms with Crippen LogP contribution in [0.4, 0.5) is 0 Å². The summed E-state index contributed by atoms with van der Waals surface area (Å²) in [7, 11) is 3.04.